The molecule has 26 heavy (non-hydrogen) atoms. The van der Waals surface area contributed by atoms with Crippen molar-refractivity contribution >= 4 is 5.91 Å². The molecule has 0 spiro atoms. The van der Waals surface area contributed by atoms with E-state index in [1.165, 1.54) is 5.56 Å². The Hall–Kier alpha value is -2.91. The van der Waals surface area contributed by atoms with Crippen LogP contribution in [0.1, 0.15) is 32.6 Å². The summed E-state index contributed by atoms with van der Waals surface area (Å²) < 4.78 is 0. The number of amides is 1. The molecule has 0 fully saturated rings. The molecule has 1 atom stereocenters. The van der Waals surface area contributed by atoms with Crippen LogP contribution in [0.3, 0.4) is 0 Å². The number of carbonyl (C=O) groups is 1. The highest BCUT2D eigenvalue weighted by Gasteiger charge is 2.49. The lowest BCUT2D eigenvalue weighted by Crippen LogP contribution is -2.45. The van der Waals surface area contributed by atoms with Crippen molar-refractivity contribution in [3.63, 3.8) is 0 Å². The third-order valence-electron chi connectivity index (χ3n) is 5.09. The first kappa shape index (κ1) is 16.6. The molecule has 1 amide bonds. The molecule has 1 aliphatic rings. The maximum atomic E-state index is 13.0. The zero-order chi connectivity index (χ0) is 18.1. The summed E-state index contributed by atoms with van der Waals surface area (Å²) in [5, 5.41) is 11.7. The highest BCUT2D eigenvalue weighted by molar-refractivity contribution is 6.00. The highest BCUT2D eigenvalue weighted by Crippen LogP contribution is 2.42. The fourth-order valence-corrected chi connectivity index (χ4v) is 3.65. The summed E-state index contributed by atoms with van der Waals surface area (Å²) in [6, 6.07) is 25.0. The van der Waals surface area contributed by atoms with Gasteiger partial charge in [-0.3, -0.25) is 4.79 Å². The van der Waals surface area contributed by atoms with Crippen molar-refractivity contribution in [2.75, 3.05) is 6.54 Å². The van der Waals surface area contributed by atoms with Crippen LogP contribution in [-0.4, -0.2) is 22.5 Å². The van der Waals surface area contributed by atoms with Gasteiger partial charge in [0.25, 0.3) is 5.91 Å². The number of hydrogen-bond acceptors (Lipinski definition) is 2. The Balaban J connectivity index is 1.72. The molecule has 0 bridgehead atoms. The maximum absolute atomic E-state index is 13.0. The van der Waals surface area contributed by atoms with Crippen molar-refractivity contribution in [1.82, 2.24) is 4.90 Å². The fourth-order valence-electron chi connectivity index (χ4n) is 3.65. The number of aryl methyl sites for hydroxylation is 1. The van der Waals surface area contributed by atoms with Crippen molar-refractivity contribution in [3.8, 4) is 0 Å². The molecule has 0 aromatic heterocycles. The minimum Gasteiger partial charge on any atom is -0.363 e. The van der Waals surface area contributed by atoms with E-state index < -0.39 is 5.72 Å². The lowest BCUT2D eigenvalue weighted by Gasteiger charge is -2.35. The van der Waals surface area contributed by atoms with Gasteiger partial charge in [-0.25, -0.2) is 0 Å². The molecule has 3 heteroatoms. The van der Waals surface area contributed by atoms with Gasteiger partial charge in [-0.15, -0.1) is 0 Å². The third-order valence-corrected chi connectivity index (χ3v) is 5.09. The first-order chi connectivity index (χ1) is 12.6. The van der Waals surface area contributed by atoms with Gasteiger partial charge in [0, 0.05) is 23.2 Å². The summed E-state index contributed by atoms with van der Waals surface area (Å²) in [5.41, 5.74) is 2.86. The topological polar surface area (TPSA) is 40.5 Å². The average molecular weight is 343 g/mol. The van der Waals surface area contributed by atoms with Gasteiger partial charge in [-0.2, -0.15) is 0 Å². The molecule has 0 saturated carbocycles. The standard InChI is InChI=1S/C23H21NO2/c1-17-11-13-18(14-12-17)15-16-24-22(25)20-9-5-6-10-21(20)23(24,26)19-7-3-2-4-8-19/h2-14,26H,15-16H2,1H3. The van der Waals surface area contributed by atoms with Gasteiger partial charge in [0.2, 0.25) is 0 Å². The Kier molecular flexibility index (Phi) is 4.09. The molecule has 0 radical (unpaired) electrons. The molecule has 3 aromatic rings. The van der Waals surface area contributed by atoms with Crippen molar-refractivity contribution in [2.24, 2.45) is 0 Å². The first-order valence-corrected chi connectivity index (χ1v) is 8.85. The average Bonchev–Trinajstić information content (AvgIpc) is 2.91. The van der Waals surface area contributed by atoms with Crippen molar-refractivity contribution in [3.05, 3.63) is 107 Å². The smallest absolute Gasteiger partial charge is 0.257 e. The molecule has 3 nitrogen and oxygen atoms in total. The lowest BCUT2D eigenvalue weighted by atomic mass is 9.93. The second kappa shape index (κ2) is 6.43. The van der Waals surface area contributed by atoms with Gasteiger partial charge >= 0.3 is 0 Å². The Morgan fingerprint density at radius 1 is 0.885 bits per heavy atom. The van der Waals surface area contributed by atoms with Gasteiger partial charge in [0.05, 0.1) is 0 Å². The van der Waals surface area contributed by atoms with Crippen LogP contribution in [-0.2, 0) is 12.1 Å². The van der Waals surface area contributed by atoms with Crippen molar-refractivity contribution in [2.45, 2.75) is 19.1 Å². The Morgan fingerprint density at radius 3 is 2.27 bits per heavy atom. The van der Waals surface area contributed by atoms with E-state index in [0.717, 1.165) is 5.56 Å². The largest absolute Gasteiger partial charge is 0.363 e. The number of benzene rings is 3. The van der Waals surface area contributed by atoms with Gasteiger partial charge < -0.3 is 10.0 Å². The van der Waals surface area contributed by atoms with Crippen molar-refractivity contribution < 1.29 is 9.90 Å². The van der Waals surface area contributed by atoms with Crippen LogP contribution in [0.5, 0.6) is 0 Å². The number of hydrogen-bond donors (Lipinski definition) is 1. The van der Waals surface area contributed by atoms with E-state index in [1.807, 2.05) is 48.5 Å². The molecule has 3 aromatic carbocycles. The summed E-state index contributed by atoms with van der Waals surface area (Å²) in [6.07, 6.45) is 0.690. The molecular formula is C23H21NO2. The molecule has 130 valence electrons. The molecule has 1 heterocycles. The predicted molar refractivity (Wildman–Crippen MR) is 102 cm³/mol. The van der Waals surface area contributed by atoms with Crippen LogP contribution in [0, 0.1) is 6.92 Å². The number of nitrogens with zero attached hydrogens (tertiary/aromatic N) is 1. The fraction of sp³-hybridized carbons (Fsp3) is 0.174. The van der Waals surface area contributed by atoms with E-state index in [0.29, 0.717) is 29.7 Å². The number of aliphatic hydroxyl groups is 1. The normalized spacial score (nSPS) is 18.8. The van der Waals surface area contributed by atoms with Crippen LogP contribution >= 0.6 is 0 Å². The van der Waals surface area contributed by atoms with Crippen LogP contribution in [0.2, 0.25) is 0 Å². The molecule has 1 unspecified atom stereocenters. The van der Waals surface area contributed by atoms with E-state index in [9.17, 15) is 9.90 Å². The SMILES string of the molecule is Cc1ccc(CCN2C(=O)c3ccccc3C2(O)c2ccccc2)cc1. The van der Waals surface area contributed by atoms with Crippen LogP contribution in [0.15, 0.2) is 78.9 Å². The molecule has 0 aliphatic carbocycles. The maximum Gasteiger partial charge on any atom is 0.257 e. The molecule has 0 saturated heterocycles. The molecule has 4 rings (SSSR count). The highest BCUT2D eigenvalue weighted by atomic mass is 16.3. The minimum atomic E-state index is -1.43. The lowest BCUT2D eigenvalue weighted by molar-refractivity contribution is -0.0493. The molecular weight excluding hydrogens is 322 g/mol. The van der Waals surface area contributed by atoms with Crippen LogP contribution < -0.4 is 0 Å². The Labute approximate surface area is 153 Å². The number of fused-ring (bicyclic) bond motifs is 1. The zero-order valence-corrected chi connectivity index (χ0v) is 14.7. The van der Waals surface area contributed by atoms with E-state index in [1.54, 1.807) is 11.0 Å². The van der Waals surface area contributed by atoms with Crippen LogP contribution in [0.25, 0.3) is 0 Å². The van der Waals surface area contributed by atoms with Gasteiger partial charge in [0.1, 0.15) is 0 Å². The summed E-state index contributed by atoms with van der Waals surface area (Å²) in [6.45, 7) is 2.50. The van der Waals surface area contributed by atoms with E-state index in [-0.39, 0.29) is 5.91 Å². The van der Waals surface area contributed by atoms with Crippen molar-refractivity contribution in [1.29, 1.82) is 0 Å². The zero-order valence-electron chi connectivity index (χ0n) is 14.7. The minimum absolute atomic E-state index is 0.126. The van der Waals surface area contributed by atoms with Gasteiger partial charge in [-0.1, -0.05) is 78.4 Å². The second-order valence-corrected chi connectivity index (χ2v) is 6.78. The van der Waals surface area contributed by atoms with E-state index in [2.05, 4.69) is 31.2 Å². The predicted octanol–water partition coefficient (Wildman–Crippen LogP) is 3.89. The molecule has 1 N–H and O–H groups in total. The van der Waals surface area contributed by atoms with E-state index in [4.69, 9.17) is 0 Å². The number of carbonyl (C=O) groups excluding carboxylic acids is 1. The summed E-state index contributed by atoms with van der Waals surface area (Å²) >= 11 is 0. The van der Waals surface area contributed by atoms with Gasteiger partial charge in [-0.05, 0) is 25.0 Å². The summed E-state index contributed by atoms with van der Waals surface area (Å²) in [4.78, 5) is 14.6. The summed E-state index contributed by atoms with van der Waals surface area (Å²) in [7, 11) is 0. The van der Waals surface area contributed by atoms with Crippen LogP contribution in [0.4, 0.5) is 0 Å². The molecule has 1 aliphatic heterocycles. The van der Waals surface area contributed by atoms with E-state index >= 15 is 0 Å². The number of rotatable bonds is 4. The Morgan fingerprint density at radius 2 is 1.54 bits per heavy atom. The quantitative estimate of drug-likeness (QED) is 0.781. The summed E-state index contributed by atoms with van der Waals surface area (Å²) in [5.74, 6) is -0.126. The Bertz CT molecular complexity index is 934. The van der Waals surface area contributed by atoms with Gasteiger partial charge in [0.15, 0.2) is 5.72 Å². The third kappa shape index (κ3) is 2.61. The first-order valence-electron chi connectivity index (χ1n) is 8.85. The monoisotopic (exact) mass is 343 g/mol. The second-order valence-electron chi connectivity index (χ2n) is 6.78.